The van der Waals surface area contributed by atoms with Gasteiger partial charge >= 0.3 is 0 Å². The molecule has 23 heavy (non-hydrogen) atoms. The van der Waals surface area contributed by atoms with Crippen molar-refractivity contribution in [2.75, 3.05) is 26.3 Å². The van der Waals surface area contributed by atoms with Gasteiger partial charge in [0.2, 0.25) is 0 Å². The summed E-state index contributed by atoms with van der Waals surface area (Å²) in [5, 5.41) is 9.87. The van der Waals surface area contributed by atoms with Gasteiger partial charge in [0.1, 0.15) is 17.7 Å². The van der Waals surface area contributed by atoms with Gasteiger partial charge in [0.15, 0.2) is 5.89 Å². The molecule has 0 aliphatic carbocycles. The van der Waals surface area contributed by atoms with E-state index in [-0.39, 0.29) is 12.4 Å². The van der Waals surface area contributed by atoms with Crippen molar-refractivity contribution < 1.29 is 18.7 Å². The molecule has 1 aromatic carbocycles. The first-order valence-corrected chi connectivity index (χ1v) is 7.72. The fourth-order valence-corrected chi connectivity index (χ4v) is 3.02. The fraction of sp³-hybridized carbons (Fsp3) is 0.471. The molecule has 0 bridgehead atoms. The minimum Gasteiger partial charge on any atom is -0.449 e. The van der Waals surface area contributed by atoms with Crippen molar-refractivity contribution >= 4 is 0 Å². The van der Waals surface area contributed by atoms with E-state index >= 15 is 0 Å². The highest BCUT2D eigenvalue weighted by atomic mass is 19.1. The Labute approximate surface area is 134 Å². The van der Waals surface area contributed by atoms with E-state index in [4.69, 9.17) is 9.15 Å². The number of aryl methyl sites for hydroxylation is 1. The Balaban J connectivity index is 1.72. The molecule has 1 atom stereocenters. The summed E-state index contributed by atoms with van der Waals surface area (Å²) in [6.07, 6.45) is 1.98. The molecule has 1 N–H and O–H groups in total. The number of aliphatic hydroxyl groups is 1. The van der Waals surface area contributed by atoms with E-state index in [1.54, 1.807) is 31.4 Å². The molecule has 0 amide bonds. The van der Waals surface area contributed by atoms with Gasteiger partial charge in [-0.25, -0.2) is 9.37 Å². The maximum absolute atomic E-state index is 13.9. The SMILES string of the molecule is Cc1nc(CN2CCO[C@](CO)(Cc3ccccc3F)C2)co1. The Bertz CT molecular complexity index is 661. The van der Waals surface area contributed by atoms with Crippen molar-refractivity contribution in [1.82, 2.24) is 9.88 Å². The average Bonchev–Trinajstić information content (AvgIpc) is 2.95. The maximum Gasteiger partial charge on any atom is 0.191 e. The molecule has 0 unspecified atom stereocenters. The van der Waals surface area contributed by atoms with Gasteiger partial charge in [-0.3, -0.25) is 4.90 Å². The summed E-state index contributed by atoms with van der Waals surface area (Å²) in [7, 11) is 0. The van der Waals surface area contributed by atoms with Crippen molar-refractivity contribution in [2.24, 2.45) is 0 Å². The van der Waals surface area contributed by atoms with Crippen LogP contribution in [0.1, 0.15) is 17.1 Å². The predicted molar refractivity (Wildman–Crippen MR) is 82.4 cm³/mol. The zero-order valence-corrected chi connectivity index (χ0v) is 13.2. The van der Waals surface area contributed by atoms with Crippen LogP contribution in [0.15, 0.2) is 34.9 Å². The average molecular weight is 320 g/mol. The molecule has 124 valence electrons. The Hall–Kier alpha value is -1.76. The van der Waals surface area contributed by atoms with Crippen LogP contribution >= 0.6 is 0 Å². The van der Waals surface area contributed by atoms with Crippen molar-refractivity contribution in [3.05, 3.63) is 53.5 Å². The summed E-state index contributed by atoms with van der Waals surface area (Å²) in [5.74, 6) is 0.362. The minimum atomic E-state index is -0.792. The number of oxazole rings is 1. The topological polar surface area (TPSA) is 58.7 Å². The second-order valence-electron chi connectivity index (χ2n) is 6.03. The quantitative estimate of drug-likeness (QED) is 0.912. The zero-order chi connectivity index (χ0) is 16.3. The van der Waals surface area contributed by atoms with Crippen LogP contribution in [0, 0.1) is 12.7 Å². The second kappa shape index (κ2) is 6.78. The monoisotopic (exact) mass is 320 g/mol. The third kappa shape index (κ3) is 3.77. The first kappa shape index (κ1) is 16.1. The highest BCUT2D eigenvalue weighted by molar-refractivity contribution is 5.20. The van der Waals surface area contributed by atoms with E-state index in [1.165, 1.54) is 6.07 Å². The number of halogens is 1. The summed E-state index contributed by atoms with van der Waals surface area (Å²) >= 11 is 0. The number of rotatable bonds is 5. The Morgan fingerprint density at radius 2 is 2.22 bits per heavy atom. The summed E-state index contributed by atoms with van der Waals surface area (Å²) < 4.78 is 25.0. The van der Waals surface area contributed by atoms with E-state index < -0.39 is 5.60 Å². The number of aromatic nitrogens is 1. The molecular weight excluding hydrogens is 299 g/mol. The van der Waals surface area contributed by atoms with E-state index in [1.807, 2.05) is 0 Å². The van der Waals surface area contributed by atoms with Gasteiger partial charge in [-0.2, -0.15) is 0 Å². The molecule has 1 aliphatic heterocycles. The number of morpholine rings is 1. The van der Waals surface area contributed by atoms with E-state index in [0.29, 0.717) is 37.6 Å². The molecular formula is C17H21FN2O3. The Morgan fingerprint density at radius 1 is 1.39 bits per heavy atom. The molecule has 3 rings (SSSR count). The molecule has 0 spiro atoms. The molecule has 1 aromatic heterocycles. The molecule has 6 heteroatoms. The van der Waals surface area contributed by atoms with Gasteiger partial charge in [-0.05, 0) is 11.6 Å². The van der Waals surface area contributed by atoms with Crippen LogP contribution in [0.4, 0.5) is 4.39 Å². The maximum atomic E-state index is 13.9. The first-order chi connectivity index (χ1) is 11.1. The predicted octanol–water partition coefficient (Wildman–Crippen LogP) is 1.93. The Morgan fingerprint density at radius 3 is 2.91 bits per heavy atom. The van der Waals surface area contributed by atoms with E-state index in [2.05, 4.69) is 9.88 Å². The third-order valence-electron chi connectivity index (χ3n) is 4.14. The molecule has 1 saturated heterocycles. The van der Waals surface area contributed by atoms with Gasteiger partial charge in [0.25, 0.3) is 0 Å². The smallest absolute Gasteiger partial charge is 0.191 e. The van der Waals surface area contributed by atoms with Gasteiger partial charge in [-0.15, -0.1) is 0 Å². The molecule has 1 fully saturated rings. The molecule has 0 saturated carbocycles. The van der Waals surface area contributed by atoms with Crippen molar-refractivity contribution in [1.29, 1.82) is 0 Å². The second-order valence-corrected chi connectivity index (χ2v) is 6.03. The van der Waals surface area contributed by atoms with Crippen LogP contribution in [0.25, 0.3) is 0 Å². The van der Waals surface area contributed by atoms with Crippen molar-refractivity contribution in [3.63, 3.8) is 0 Å². The molecule has 5 nitrogen and oxygen atoms in total. The Kier molecular flexibility index (Phi) is 4.75. The number of hydrogen-bond acceptors (Lipinski definition) is 5. The zero-order valence-electron chi connectivity index (χ0n) is 13.2. The summed E-state index contributed by atoms with van der Waals surface area (Å²) in [6, 6.07) is 6.61. The van der Waals surface area contributed by atoms with Crippen LogP contribution < -0.4 is 0 Å². The largest absolute Gasteiger partial charge is 0.449 e. The summed E-state index contributed by atoms with van der Waals surface area (Å²) in [6.45, 7) is 4.02. The van der Waals surface area contributed by atoms with Crippen LogP contribution in [-0.2, 0) is 17.7 Å². The highest BCUT2D eigenvalue weighted by Gasteiger charge is 2.37. The lowest BCUT2D eigenvalue weighted by molar-refractivity contribution is -0.134. The van der Waals surface area contributed by atoms with Gasteiger partial charge in [-0.1, -0.05) is 18.2 Å². The van der Waals surface area contributed by atoms with Crippen LogP contribution in [0.3, 0.4) is 0 Å². The lowest BCUT2D eigenvalue weighted by Crippen LogP contribution is -2.55. The number of hydrogen-bond donors (Lipinski definition) is 1. The van der Waals surface area contributed by atoms with E-state index in [0.717, 1.165) is 12.2 Å². The number of nitrogens with zero attached hydrogens (tertiary/aromatic N) is 2. The van der Waals surface area contributed by atoms with Crippen LogP contribution in [0.2, 0.25) is 0 Å². The minimum absolute atomic E-state index is 0.157. The first-order valence-electron chi connectivity index (χ1n) is 7.72. The molecule has 0 radical (unpaired) electrons. The number of aliphatic hydroxyl groups excluding tert-OH is 1. The highest BCUT2D eigenvalue weighted by Crippen LogP contribution is 2.25. The number of ether oxygens (including phenoxy) is 1. The van der Waals surface area contributed by atoms with Crippen molar-refractivity contribution in [2.45, 2.75) is 25.5 Å². The lowest BCUT2D eigenvalue weighted by atomic mass is 9.92. The lowest BCUT2D eigenvalue weighted by Gasteiger charge is -2.41. The number of benzene rings is 1. The van der Waals surface area contributed by atoms with Crippen LogP contribution in [-0.4, -0.2) is 46.9 Å². The summed E-state index contributed by atoms with van der Waals surface area (Å²) in [5.41, 5.74) is 0.613. The van der Waals surface area contributed by atoms with E-state index in [9.17, 15) is 9.50 Å². The van der Waals surface area contributed by atoms with Gasteiger partial charge < -0.3 is 14.3 Å². The fourth-order valence-electron chi connectivity index (χ4n) is 3.02. The standard InChI is InChI=1S/C17H21FN2O3/c1-13-19-15(10-22-13)9-20-6-7-23-17(11-20,12-21)8-14-4-2-3-5-16(14)18/h2-5,10,21H,6-9,11-12H2,1H3/t17-/m1/s1. The van der Waals surface area contributed by atoms with Crippen molar-refractivity contribution in [3.8, 4) is 0 Å². The summed E-state index contributed by atoms with van der Waals surface area (Å²) in [4.78, 5) is 6.46. The third-order valence-corrected chi connectivity index (χ3v) is 4.14. The van der Waals surface area contributed by atoms with Gasteiger partial charge in [0, 0.05) is 33.0 Å². The van der Waals surface area contributed by atoms with Crippen LogP contribution in [0.5, 0.6) is 0 Å². The molecule has 2 heterocycles. The molecule has 2 aromatic rings. The molecule has 1 aliphatic rings. The normalized spacial score (nSPS) is 22.4. The van der Waals surface area contributed by atoms with Gasteiger partial charge in [0.05, 0.1) is 18.9 Å².